The molecule has 0 amide bonds. The maximum Gasteiger partial charge on any atom is 0.00684 e. The van der Waals surface area contributed by atoms with E-state index in [1.807, 2.05) is 0 Å². The molecule has 2 aliphatic rings. The highest BCUT2D eigenvalue weighted by molar-refractivity contribution is 4.87. The Morgan fingerprint density at radius 3 is 2.26 bits per heavy atom. The minimum absolute atomic E-state index is 0.483. The van der Waals surface area contributed by atoms with Gasteiger partial charge in [-0.3, -0.25) is 0 Å². The van der Waals surface area contributed by atoms with Crippen LogP contribution in [0.25, 0.3) is 0 Å². The Bertz CT molecular complexity index is 242. The highest BCUT2D eigenvalue weighted by Crippen LogP contribution is 2.27. The van der Waals surface area contributed by atoms with Crippen molar-refractivity contribution in [2.45, 2.75) is 77.7 Å². The fourth-order valence-electron chi connectivity index (χ4n) is 3.52. The lowest BCUT2D eigenvalue weighted by molar-refractivity contribution is 0.139. The third-order valence-electron chi connectivity index (χ3n) is 4.80. The van der Waals surface area contributed by atoms with Crippen molar-refractivity contribution in [3.8, 4) is 0 Å². The van der Waals surface area contributed by atoms with Crippen molar-refractivity contribution in [3.05, 3.63) is 0 Å². The molecule has 1 saturated carbocycles. The van der Waals surface area contributed by atoms with Crippen LogP contribution in [0.2, 0.25) is 0 Å². The average molecular weight is 266 g/mol. The number of rotatable bonds is 7. The van der Waals surface area contributed by atoms with Gasteiger partial charge in [-0.2, -0.15) is 0 Å². The number of hydrogen-bond donors (Lipinski definition) is 1. The molecular weight excluding hydrogens is 232 g/mol. The summed E-state index contributed by atoms with van der Waals surface area (Å²) in [6.07, 6.45) is 12.7. The zero-order valence-electron chi connectivity index (χ0n) is 13.2. The van der Waals surface area contributed by atoms with Crippen molar-refractivity contribution in [1.82, 2.24) is 10.2 Å². The van der Waals surface area contributed by atoms with Crippen molar-refractivity contribution in [2.75, 3.05) is 26.2 Å². The molecule has 0 aromatic rings. The van der Waals surface area contributed by atoms with Crippen LogP contribution < -0.4 is 5.32 Å². The molecule has 0 aromatic carbocycles. The van der Waals surface area contributed by atoms with Gasteiger partial charge < -0.3 is 10.2 Å². The van der Waals surface area contributed by atoms with Crippen molar-refractivity contribution in [3.63, 3.8) is 0 Å². The van der Waals surface area contributed by atoms with E-state index in [1.54, 1.807) is 0 Å². The lowest BCUT2D eigenvalue weighted by atomic mass is 9.84. The van der Waals surface area contributed by atoms with Gasteiger partial charge in [-0.1, -0.05) is 39.5 Å². The molecule has 1 aliphatic heterocycles. The quantitative estimate of drug-likeness (QED) is 0.754. The third kappa shape index (κ3) is 5.83. The number of hydrogen-bond acceptors (Lipinski definition) is 2. The molecule has 1 saturated heterocycles. The summed E-state index contributed by atoms with van der Waals surface area (Å²) >= 11 is 0. The Balaban J connectivity index is 1.81. The van der Waals surface area contributed by atoms with Crippen LogP contribution in [0.5, 0.6) is 0 Å². The molecule has 1 N–H and O–H groups in total. The smallest absolute Gasteiger partial charge is 0.00684 e. The van der Waals surface area contributed by atoms with E-state index in [1.165, 1.54) is 84.0 Å². The maximum atomic E-state index is 3.77. The zero-order valence-corrected chi connectivity index (χ0v) is 13.2. The van der Waals surface area contributed by atoms with E-state index < -0.39 is 0 Å². The molecular formula is C17H34N2. The Hall–Kier alpha value is -0.0800. The topological polar surface area (TPSA) is 15.3 Å². The minimum Gasteiger partial charge on any atom is -0.313 e. The molecule has 0 radical (unpaired) electrons. The first-order valence-electron chi connectivity index (χ1n) is 8.68. The molecule has 2 heteroatoms. The molecule has 1 heterocycles. The van der Waals surface area contributed by atoms with Crippen LogP contribution >= 0.6 is 0 Å². The van der Waals surface area contributed by atoms with Crippen LogP contribution in [0, 0.1) is 5.41 Å². The monoisotopic (exact) mass is 266 g/mol. The van der Waals surface area contributed by atoms with Crippen molar-refractivity contribution in [1.29, 1.82) is 0 Å². The van der Waals surface area contributed by atoms with Crippen LogP contribution in [0.4, 0.5) is 0 Å². The van der Waals surface area contributed by atoms with Gasteiger partial charge >= 0.3 is 0 Å². The Morgan fingerprint density at radius 1 is 1.05 bits per heavy atom. The highest BCUT2D eigenvalue weighted by atomic mass is 15.1. The predicted octanol–water partition coefficient (Wildman–Crippen LogP) is 3.81. The summed E-state index contributed by atoms with van der Waals surface area (Å²) in [6, 6.07) is 0.850. The number of nitrogens with one attached hydrogen (secondary N) is 1. The summed E-state index contributed by atoms with van der Waals surface area (Å²) in [4.78, 5) is 2.75. The van der Waals surface area contributed by atoms with Crippen LogP contribution in [0.1, 0.15) is 71.6 Å². The van der Waals surface area contributed by atoms with Gasteiger partial charge in [0, 0.05) is 19.1 Å². The molecule has 1 atom stereocenters. The van der Waals surface area contributed by atoms with Gasteiger partial charge in [0.15, 0.2) is 0 Å². The largest absolute Gasteiger partial charge is 0.313 e. The molecule has 19 heavy (non-hydrogen) atoms. The van der Waals surface area contributed by atoms with Crippen molar-refractivity contribution >= 4 is 0 Å². The molecule has 1 unspecified atom stereocenters. The summed E-state index contributed by atoms with van der Waals surface area (Å²) < 4.78 is 0. The van der Waals surface area contributed by atoms with E-state index in [0.717, 1.165) is 6.04 Å². The molecule has 2 nitrogen and oxygen atoms in total. The molecule has 0 spiro atoms. The number of likely N-dealkylation sites (tertiary alicyclic amines) is 1. The Labute approximate surface area is 120 Å². The summed E-state index contributed by atoms with van der Waals surface area (Å²) in [5, 5.41) is 3.77. The molecule has 2 fully saturated rings. The van der Waals surface area contributed by atoms with Crippen LogP contribution in [-0.2, 0) is 0 Å². The lowest BCUT2D eigenvalue weighted by Gasteiger charge is -2.36. The molecule has 2 rings (SSSR count). The van der Waals surface area contributed by atoms with Gasteiger partial charge in [-0.05, 0) is 50.6 Å². The fraction of sp³-hybridized carbons (Fsp3) is 1.00. The lowest BCUT2D eigenvalue weighted by Crippen LogP contribution is -2.43. The summed E-state index contributed by atoms with van der Waals surface area (Å²) in [5.74, 6) is 0. The van der Waals surface area contributed by atoms with E-state index >= 15 is 0 Å². The van der Waals surface area contributed by atoms with Crippen molar-refractivity contribution < 1.29 is 0 Å². The molecule has 0 bridgehead atoms. The average Bonchev–Trinajstić information content (AvgIpc) is 3.15. The molecule has 112 valence electrons. The third-order valence-corrected chi connectivity index (χ3v) is 4.80. The summed E-state index contributed by atoms with van der Waals surface area (Å²) in [6.45, 7) is 10.0. The Kier molecular flexibility index (Phi) is 6.15. The van der Waals surface area contributed by atoms with E-state index in [9.17, 15) is 0 Å². The first-order valence-corrected chi connectivity index (χ1v) is 8.68. The molecule has 1 aliphatic carbocycles. The first-order chi connectivity index (χ1) is 9.22. The van der Waals surface area contributed by atoms with Gasteiger partial charge in [-0.15, -0.1) is 0 Å². The normalized spacial score (nSPS) is 25.6. The standard InChI is InChI=1S/C17H34N2/c1-3-11-17(2,14-18-16-9-10-16)15-19-12-7-5-4-6-8-13-19/h16,18H,3-15H2,1-2H3. The van der Waals surface area contributed by atoms with E-state index in [0.29, 0.717) is 5.41 Å². The fourth-order valence-corrected chi connectivity index (χ4v) is 3.52. The summed E-state index contributed by atoms with van der Waals surface area (Å²) in [5.41, 5.74) is 0.483. The second-order valence-corrected chi connectivity index (χ2v) is 7.26. The molecule has 0 aromatic heterocycles. The zero-order chi connectivity index (χ0) is 13.6. The summed E-state index contributed by atoms with van der Waals surface area (Å²) in [7, 11) is 0. The predicted molar refractivity (Wildman–Crippen MR) is 83.6 cm³/mol. The number of nitrogens with zero attached hydrogens (tertiary/aromatic N) is 1. The van der Waals surface area contributed by atoms with Crippen LogP contribution in [0.15, 0.2) is 0 Å². The Morgan fingerprint density at radius 2 is 1.68 bits per heavy atom. The van der Waals surface area contributed by atoms with Gasteiger partial charge in [0.2, 0.25) is 0 Å². The van der Waals surface area contributed by atoms with Gasteiger partial charge in [-0.25, -0.2) is 0 Å². The minimum atomic E-state index is 0.483. The maximum absolute atomic E-state index is 3.77. The second kappa shape index (κ2) is 7.64. The van der Waals surface area contributed by atoms with E-state index in [-0.39, 0.29) is 0 Å². The van der Waals surface area contributed by atoms with Crippen LogP contribution in [0.3, 0.4) is 0 Å². The van der Waals surface area contributed by atoms with Crippen molar-refractivity contribution in [2.24, 2.45) is 5.41 Å². The second-order valence-electron chi connectivity index (χ2n) is 7.26. The van der Waals surface area contributed by atoms with Crippen LogP contribution in [-0.4, -0.2) is 37.1 Å². The van der Waals surface area contributed by atoms with E-state index in [2.05, 4.69) is 24.1 Å². The first kappa shape index (κ1) is 15.3. The van der Waals surface area contributed by atoms with Gasteiger partial charge in [0.25, 0.3) is 0 Å². The van der Waals surface area contributed by atoms with E-state index in [4.69, 9.17) is 0 Å². The SMILES string of the molecule is CCCC(C)(CNC1CC1)CN1CCCCCCC1. The van der Waals surface area contributed by atoms with Gasteiger partial charge in [0.05, 0.1) is 0 Å². The highest BCUT2D eigenvalue weighted by Gasteiger charge is 2.29. The van der Waals surface area contributed by atoms with Gasteiger partial charge in [0.1, 0.15) is 0 Å².